The lowest BCUT2D eigenvalue weighted by Crippen LogP contribution is -2.29. The molecule has 0 unspecified atom stereocenters. The Labute approximate surface area is 119 Å². The van der Waals surface area contributed by atoms with Crippen molar-refractivity contribution in [3.63, 3.8) is 0 Å². The van der Waals surface area contributed by atoms with Crippen molar-refractivity contribution < 1.29 is 4.79 Å². The van der Waals surface area contributed by atoms with E-state index in [1.807, 2.05) is 6.92 Å². The molecule has 0 rings (SSSR count). The minimum Gasteiger partial charge on any atom is -0.374 e. The summed E-state index contributed by atoms with van der Waals surface area (Å²) in [5.74, 6) is -0.284. The standard InChI is InChI=1S/C16H32N2O/c1-5-8-10-12-18(13-11-9-6-2)15(7-3)14(4)16(17)19/h5-13H2,1-4H3,(H2,17,19)/b15-14+. The normalized spacial score (nSPS) is 12.2. The van der Waals surface area contributed by atoms with Gasteiger partial charge in [0.1, 0.15) is 0 Å². The fourth-order valence-electron chi connectivity index (χ4n) is 2.36. The van der Waals surface area contributed by atoms with E-state index in [1.54, 1.807) is 0 Å². The van der Waals surface area contributed by atoms with Crippen LogP contribution in [0.4, 0.5) is 0 Å². The number of nitrogens with two attached hydrogens (primary N) is 1. The molecule has 3 heteroatoms. The Morgan fingerprint density at radius 1 is 0.947 bits per heavy atom. The van der Waals surface area contributed by atoms with Crippen LogP contribution in [-0.2, 0) is 4.79 Å². The van der Waals surface area contributed by atoms with Gasteiger partial charge < -0.3 is 10.6 Å². The molecule has 112 valence electrons. The summed E-state index contributed by atoms with van der Waals surface area (Å²) < 4.78 is 0. The number of hydrogen-bond acceptors (Lipinski definition) is 2. The zero-order chi connectivity index (χ0) is 14.7. The van der Waals surface area contributed by atoms with E-state index < -0.39 is 0 Å². The maximum atomic E-state index is 11.4. The van der Waals surface area contributed by atoms with Crippen molar-refractivity contribution in [3.8, 4) is 0 Å². The summed E-state index contributed by atoms with van der Waals surface area (Å²) in [6.07, 6.45) is 8.21. The van der Waals surface area contributed by atoms with Gasteiger partial charge in [-0.1, -0.05) is 46.5 Å². The molecule has 2 N–H and O–H groups in total. The van der Waals surface area contributed by atoms with E-state index in [9.17, 15) is 4.79 Å². The molecule has 0 aliphatic rings. The van der Waals surface area contributed by atoms with Gasteiger partial charge in [-0.05, 0) is 26.2 Å². The summed E-state index contributed by atoms with van der Waals surface area (Å²) in [6, 6.07) is 0. The maximum Gasteiger partial charge on any atom is 0.246 e. The SMILES string of the molecule is CCCCCN(CCCCC)/C(CC)=C(\C)C(N)=O. The van der Waals surface area contributed by atoms with Gasteiger partial charge in [-0.25, -0.2) is 0 Å². The summed E-state index contributed by atoms with van der Waals surface area (Å²) >= 11 is 0. The Balaban J connectivity index is 4.75. The highest BCUT2D eigenvalue weighted by atomic mass is 16.1. The molecule has 0 aromatic heterocycles. The lowest BCUT2D eigenvalue weighted by atomic mass is 10.1. The number of amides is 1. The molecule has 3 nitrogen and oxygen atoms in total. The van der Waals surface area contributed by atoms with E-state index in [0.717, 1.165) is 30.8 Å². The fraction of sp³-hybridized carbons (Fsp3) is 0.812. The Morgan fingerprint density at radius 3 is 1.74 bits per heavy atom. The third-order valence-electron chi connectivity index (χ3n) is 3.58. The van der Waals surface area contributed by atoms with E-state index >= 15 is 0 Å². The van der Waals surface area contributed by atoms with Crippen LogP contribution in [0.5, 0.6) is 0 Å². The molecule has 0 fully saturated rings. The van der Waals surface area contributed by atoms with Gasteiger partial charge in [0.2, 0.25) is 5.91 Å². The van der Waals surface area contributed by atoms with Gasteiger partial charge in [0.05, 0.1) is 0 Å². The van der Waals surface area contributed by atoms with Crippen molar-refractivity contribution in [2.75, 3.05) is 13.1 Å². The van der Waals surface area contributed by atoms with E-state index in [2.05, 4.69) is 25.7 Å². The van der Waals surface area contributed by atoms with Gasteiger partial charge in [-0.3, -0.25) is 4.79 Å². The Hall–Kier alpha value is -0.990. The highest BCUT2D eigenvalue weighted by Crippen LogP contribution is 2.17. The summed E-state index contributed by atoms with van der Waals surface area (Å²) in [7, 11) is 0. The van der Waals surface area contributed by atoms with Gasteiger partial charge >= 0.3 is 0 Å². The van der Waals surface area contributed by atoms with Crippen molar-refractivity contribution >= 4 is 5.91 Å². The molecule has 0 bridgehead atoms. The Morgan fingerprint density at radius 2 is 1.42 bits per heavy atom. The van der Waals surface area contributed by atoms with Gasteiger partial charge in [0.15, 0.2) is 0 Å². The van der Waals surface area contributed by atoms with Crippen molar-refractivity contribution in [3.05, 3.63) is 11.3 Å². The van der Waals surface area contributed by atoms with E-state index in [4.69, 9.17) is 5.73 Å². The molecular formula is C16H32N2O. The van der Waals surface area contributed by atoms with Crippen LogP contribution in [-0.4, -0.2) is 23.9 Å². The first-order chi connectivity index (χ1) is 9.08. The second-order valence-corrected chi connectivity index (χ2v) is 5.19. The van der Waals surface area contributed by atoms with E-state index in [0.29, 0.717) is 0 Å². The first kappa shape index (κ1) is 18.0. The highest BCUT2D eigenvalue weighted by Gasteiger charge is 2.13. The summed E-state index contributed by atoms with van der Waals surface area (Å²) in [4.78, 5) is 13.8. The van der Waals surface area contributed by atoms with Crippen molar-refractivity contribution in [2.24, 2.45) is 5.73 Å². The van der Waals surface area contributed by atoms with E-state index in [1.165, 1.54) is 38.5 Å². The predicted molar refractivity (Wildman–Crippen MR) is 82.8 cm³/mol. The smallest absolute Gasteiger partial charge is 0.246 e. The van der Waals surface area contributed by atoms with Crippen molar-refractivity contribution in [1.82, 2.24) is 4.90 Å². The minimum atomic E-state index is -0.284. The molecule has 0 aliphatic heterocycles. The van der Waals surface area contributed by atoms with Crippen molar-refractivity contribution in [2.45, 2.75) is 72.6 Å². The summed E-state index contributed by atoms with van der Waals surface area (Å²) in [6.45, 7) is 10.5. The number of rotatable bonds is 11. The monoisotopic (exact) mass is 268 g/mol. The molecule has 0 atom stereocenters. The molecule has 0 aromatic carbocycles. The molecule has 0 aliphatic carbocycles. The lowest BCUT2D eigenvalue weighted by molar-refractivity contribution is -0.114. The van der Waals surface area contributed by atoms with Gasteiger partial charge in [-0.2, -0.15) is 0 Å². The second-order valence-electron chi connectivity index (χ2n) is 5.19. The van der Waals surface area contributed by atoms with Crippen LogP contribution in [0, 0.1) is 0 Å². The molecule has 0 radical (unpaired) electrons. The van der Waals surface area contributed by atoms with Gasteiger partial charge in [0.25, 0.3) is 0 Å². The van der Waals surface area contributed by atoms with E-state index in [-0.39, 0.29) is 5.91 Å². The molecular weight excluding hydrogens is 236 g/mol. The van der Waals surface area contributed by atoms with Crippen LogP contribution in [0.3, 0.4) is 0 Å². The zero-order valence-electron chi connectivity index (χ0n) is 13.3. The average molecular weight is 268 g/mol. The topological polar surface area (TPSA) is 46.3 Å². The maximum absolute atomic E-state index is 11.4. The second kappa shape index (κ2) is 10.9. The first-order valence-corrected chi connectivity index (χ1v) is 7.82. The van der Waals surface area contributed by atoms with Crippen LogP contribution >= 0.6 is 0 Å². The van der Waals surface area contributed by atoms with Crippen LogP contribution < -0.4 is 5.73 Å². The highest BCUT2D eigenvalue weighted by molar-refractivity contribution is 5.91. The van der Waals surface area contributed by atoms with Crippen molar-refractivity contribution in [1.29, 1.82) is 0 Å². The molecule has 0 heterocycles. The number of unbranched alkanes of at least 4 members (excludes halogenated alkanes) is 4. The molecule has 0 saturated heterocycles. The number of nitrogens with zero attached hydrogens (tertiary/aromatic N) is 1. The van der Waals surface area contributed by atoms with Crippen LogP contribution in [0.2, 0.25) is 0 Å². The Kier molecular flexibility index (Phi) is 10.3. The quantitative estimate of drug-likeness (QED) is 0.457. The molecule has 0 saturated carbocycles. The largest absolute Gasteiger partial charge is 0.374 e. The average Bonchev–Trinajstić information content (AvgIpc) is 2.39. The molecule has 0 aromatic rings. The van der Waals surface area contributed by atoms with Crippen LogP contribution in [0.1, 0.15) is 72.6 Å². The Bertz CT molecular complexity index is 274. The number of carbonyl (C=O) groups is 1. The molecule has 19 heavy (non-hydrogen) atoms. The molecule has 0 spiro atoms. The van der Waals surface area contributed by atoms with Gasteiger partial charge in [-0.15, -0.1) is 0 Å². The third-order valence-corrected chi connectivity index (χ3v) is 3.58. The third kappa shape index (κ3) is 7.24. The van der Waals surface area contributed by atoms with Gasteiger partial charge in [0, 0.05) is 24.4 Å². The number of hydrogen-bond donors (Lipinski definition) is 1. The number of carbonyl (C=O) groups excluding carboxylic acids is 1. The van der Waals surface area contributed by atoms with Crippen LogP contribution in [0.25, 0.3) is 0 Å². The summed E-state index contributed by atoms with van der Waals surface area (Å²) in [5.41, 5.74) is 7.31. The summed E-state index contributed by atoms with van der Waals surface area (Å²) in [5, 5.41) is 0. The van der Waals surface area contributed by atoms with Crippen LogP contribution in [0.15, 0.2) is 11.3 Å². The number of primary amides is 1. The minimum absolute atomic E-state index is 0.284. The first-order valence-electron chi connectivity index (χ1n) is 7.82. The molecule has 1 amide bonds. The fourth-order valence-corrected chi connectivity index (χ4v) is 2.36. The lowest BCUT2D eigenvalue weighted by Gasteiger charge is -2.28. The number of allylic oxidation sites excluding steroid dienone is 1. The zero-order valence-corrected chi connectivity index (χ0v) is 13.3. The predicted octanol–water partition coefficient (Wildman–Crippen LogP) is 3.84.